The lowest BCUT2D eigenvalue weighted by atomic mass is 10.1. The molecule has 0 aromatic rings. The van der Waals surface area contributed by atoms with Crippen LogP contribution in [-0.4, -0.2) is 92.9 Å². The Labute approximate surface area is 175 Å². The number of hydrogen-bond acceptors (Lipinski definition) is 5. The van der Waals surface area contributed by atoms with Crippen LogP contribution in [0.1, 0.15) is 47.0 Å². The molecule has 1 saturated heterocycles. The van der Waals surface area contributed by atoms with Gasteiger partial charge in [-0.15, -0.1) is 0 Å². The maximum atomic E-state index is 11.8. The number of ether oxygens (including phenoxy) is 2. The first kappa shape index (κ1) is 25.0. The number of carbonyl (C=O) groups is 2. The molecular formula is C20H39N5O4. The van der Waals surface area contributed by atoms with E-state index in [1.165, 1.54) is 0 Å². The third-order valence-corrected chi connectivity index (χ3v) is 4.28. The van der Waals surface area contributed by atoms with Gasteiger partial charge in [0.1, 0.15) is 12.1 Å². The third kappa shape index (κ3) is 10.9. The molecule has 168 valence electrons. The Balaban J connectivity index is 2.28. The van der Waals surface area contributed by atoms with Crippen molar-refractivity contribution in [1.29, 1.82) is 0 Å². The van der Waals surface area contributed by atoms with Crippen LogP contribution in [0.5, 0.6) is 0 Å². The average molecular weight is 414 g/mol. The van der Waals surface area contributed by atoms with Gasteiger partial charge in [-0.25, -0.2) is 9.79 Å². The summed E-state index contributed by atoms with van der Waals surface area (Å²) in [4.78, 5) is 31.6. The van der Waals surface area contributed by atoms with E-state index in [-0.39, 0.29) is 18.6 Å². The van der Waals surface area contributed by atoms with E-state index in [4.69, 9.17) is 9.47 Å². The van der Waals surface area contributed by atoms with Gasteiger partial charge in [0.05, 0.1) is 6.10 Å². The Kier molecular flexibility index (Phi) is 10.8. The number of aliphatic imine (C=N–C) groups is 1. The van der Waals surface area contributed by atoms with Crippen LogP contribution in [0, 0.1) is 0 Å². The molecule has 0 bridgehead atoms. The molecule has 1 heterocycles. The van der Waals surface area contributed by atoms with Crippen LogP contribution in [0.4, 0.5) is 4.79 Å². The Morgan fingerprint density at radius 1 is 1.17 bits per heavy atom. The van der Waals surface area contributed by atoms with Crippen LogP contribution in [0.25, 0.3) is 0 Å². The first-order valence-corrected chi connectivity index (χ1v) is 10.4. The fraction of sp³-hybridized carbons (Fsp3) is 0.850. The second-order valence-electron chi connectivity index (χ2n) is 8.30. The van der Waals surface area contributed by atoms with Crippen LogP contribution in [0.3, 0.4) is 0 Å². The smallest absolute Gasteiger partial charge is 0.407 e. The number of nitrogens with one attached hydrogen (secondary N) is 2. The minimum Gasteiger partial charge on any atom is -0.444 e. The minimum atomic E-state index is -0.483. The number of carbonyl (C=O) groups excluding carboxylic acids is 2. The molecule has 0 aromatic heterocycles. The molecule has 0 atom stereocenters. The van der Waals surface area contributed by atoms with Gasteiger partial charge in [-0.05, 0) is 47.0 Å². The monoisotopic (exact) mass is 413 g/mol. The van der Waals surface area contributed by atoms with Crippen LogP contribution in [-0.2, 0) is 14.3 Å². The Morgan fingerprint density at radius 2 is 1.83 bits per heavy atom. The predicted octanol–water partition coefficient (Wildman–Crippen LogP) is 1.44. The second-order valence-corrected chi connectivity index (χ2v) is 8.30. The molecule has 1 rings (SSSR count). The molecule has 0 aromatic carbocycles. The number of amides is 2. The summed E-state index contributed by atoms with van der Waals surface area (Å²) < 4.78 is 11.1. The molecule has 0 aliphatic carbocycles. The molecule has 9 heteroatoms. The molecule has 2 amide bonds. The highest BCUT2D eigenvalue weighted by Gasteiger charge is 2.22. The van der Waals surface area contributed by atoms with Gasteiger partial charge in [-0.1, -0.05) is 0 Å². The van der Waals surface area contributed by atoms with E-state index in [9.17, 15) is 9.59 Å². The van der Waals surface area contributed by atoms with E-state index in [0.717, 1.165) is 44.9 Å². The van der Waals surface area contributed by atoms with Gasteiger partial charge in [0.25, 0.3) is 0 Å². The van der Waals surface area contributed by atoms with E-state index in [1.54, 1.807) is 19.0 Å². The standard InChI is InChI=1S/C20H39N5O4/c1-7-21-18(23-15-17(26)24(5)6)25-12-9-16(10-13-25)28-14-8-11-22-19(27)29-20(2,3)4/h16H,7-15H2,1-6H3,(H,21,23)(H,22,27). The topological polar surface area (TPSA) is 95.5 Å². The van der Waals surface area contributed by atoms with Crippen LogP contribution >= 0.6 is 0 Å². The molecule has 2 N–H and O–H groups in total. The lowest BCUT2D eigenvalue weighted by Crippen LogP contribution is -2.47. The van der Waals surface area contributed by atoms with Gasteiger partial charge >= 0.3 is 6.09 Å². The van der Waals surface area contributed by atoms with Crippen molar-refractivity contribution < 1.29 is 19.1 Å². The number of alkyl carbamates (subject to hydrolysis) is 1. The van der Waals surface area contributed by atoms with Crippen LogP contribution in [0.2, 0.25) is 0 Å². The fourth-order valence-electron chi connectivity index (χ4n) is 2.77. The van der Waals surface area contributed by atoms with Crippen molar-refractivity contribution in [3.63, 3.8) is 0 Å². The zero-order valence-corrected chi connectivity index (χ0v) is 18.9. The second kappa shape index (κ2) is 12.5. The summed E-state index contributed by atoms with van der Waals surface area (Å²) in [7, 11) is 3.47. The largest absolute Gasteiger partial charge is 0.444 e. The van der Waals surface area contributed by atoms with E-state index in [0.29, 0.717) is 13.2 Å². The van der Waals surface area contributed by atoms with E-state index in [1.807, 2.05) is 27.7 Å². The highest BCUT2D eigenvalue weighted by Crippen LogP contribution is 2.14. The Hall–Kier alpha value is -2.03. The first-order valence-electron chi connectivity index (χ1n) is 10.4. The van der Waals surface area contributed by atoms with Gasteiger partial charge < -0.3 is 29.9 Å². The summed E-state index contributed by atoms with van der Waals surface area (Å²) in [5.41, 5.74) is -0.483. The van der Waals surface area contributed by atoms with E-state index < -0.39 is 11.7 Å². The lowest BCUT2D eigenvalue weighted by Gasteiger charge is -2.34. The number of likely N-dealkylation sites (N-methyl/N-ethyl adjacent to an activating group) is 1. The number of likely N-dealkylation sites (tertiary alicyclic amines) is 1. The molecule has 1 fully saturated rings. The first-order chi connectivity index (χ1) is 13.6. The van der Waals surface area contributed by atoms with Crippen molar-refractivity contribution in [1.82, 2.24) is 20.4 Å². The fourth-order valence-corrected chi connectivity index (χ4v) is 2.77. The lowest BCUT2D eigenvalue weighted by molar-refractivity contribution is -0.127. The van der Waals surface area contributed by atoms with E-state index >= 15 is 0 Å². The number of piperidine rings is 1. The SMILES string of the molecule is CCNC(=NCC(=O)N(C)C)N1CCC(OCCCNC(=O)OC(C)(C)C)CC1. The summed E-state index contributed by atoms with van der Waals surface area (Å²) >= 11 is 0. The van der Waals surface area contributed by atoms with Gasteiger partial charge in [-0.2, -0.15) is 0 Å². The van der Waals surface area contributed by atoms with Gasteiger partial charge in [-0.3, -0.25) is 4.79 Å². The normalized spacial score (nSPS) is 15.8. The zero-order chi connectivity index (χ0) is 21.9. The molecule has 0 radical (unpaired) electrons. The Morgan fingerprint density at radius 3 is 2.38 bits per heavy atom. The number of hydrogen-bond donors (Lipinski definition) is 2. The number of nitrogens with zero attached hydrogens (tertiary/aromatic N) is 3. The van der Waals surface area contributed by atoms with Gasteiger partial charge in [0, 0.05) is 46.9 Å². The van der Waals surface area contributed by atoms with Gasteiger partial charge in [0.2, 0.25) is 5.91 Å². The van der Waals surface area contributed by atoms with E-state index in [2.05, 4.69) is 20.5 Å². The third-order valence-electron chi connectivity index (χ3n) is 4.28. The molecular weight excluding hydrogens is 374 g/mol. The number of guanidine groups is 1. The zero-order valence-electron chi connectivity index (χ0n) is 18.9. The summed E-state index contributed by atoms with van der Waals surface area (Å²) in [6.07, 6.45) is 2.38. The molecule has 0 unspecified atom stereocenters. The molecule has 1 aliphatic rings. The van der Waals surface area contributed by atoms with Crippen molar-refractivity contribution in [3.8, 4) is 0 Å². The van der Waals surface area contributed by atoms with Crippen molar-refractivity contribution in [3.05, 3.63) is 0 Å². The summed E-state index contributed by atoms with van der Waals surface area (Å²) in [5, 5.41) is 6.00. The van der Waals surface area contributed by atoms with Crippen LogP contribution in [0.15, 0.2) is 4.99 Å². The molecule has 29 heavy (non-hydrogen) atoms. The number of rotatable bonds is 8. The summed E-state index contributed by atoms with van der Waals surface area (Å²) in [5.74, 6) is 0.765. The highest BCUT2D eigenvalue weighted by molar-refractivity contribution is 5.84. The molecule has 1 aliphatic heterocycles. The van der Waals surface area contributed by atoms with Crippen molar-refractivity contribution >= 4 is 18.0 Å². The molecule has 0 spiro atoms. The quantitative estimate of drug-likeness (QED) is 0.355. The molecule has 9 nitrogen and oxygen atoms in total. The minimum absolute atomic E-state index is 0.0152. The van der Waals surface area contributed by atoms with Crippen LogP contribution < -0.4 is 10.6 Å². The molecule has 0 saturated carbocycles. The van der Waals surface area contributed by atoms with Gasteiger partial charge in [0.15, 0.2) is 5.96 Å². The maximum Gasteiger partial charge on any atom is 0.407 e. The summed E-state index contributed by atoms with van der Waals surface area (Å²) in [6.45, 7) is 11.3. The summed E-state index contributed by atoms with van der Waals surface area (Å²) in [6, 6.07) is 0. The Bertz CT molecular complexity index is 537. The van der Waals surface area contributed by atoms with Crippen molar-refractivity contribution in [2.45, 2.75) is 58.7 Å². The maximum absolute atomic E-state index is 11.8. The highest BCUT2D eigenvalue weighted by atomic mass is 16.6. The average Bonchev–Trinajstić information content (AvgIpc) is 2.63. The van der Waals surface area contributed by atoms with Crippen molar-refractivity contribution in [2.24, 2.45) is 4.99 Å². The van der Waals surface area contributed by atoms with Crippen molar-refractivity contribution in [2.75, 3.05) is 53.4 Å². The predicted molar refractivity (Wildman–Crippen MR) is 114 cm³/mol.